The van der Waals surface area contributed by atoms with Crippen molar-refractivity contribution in [2.45, 2.75) is 6.42 Å². The number of hydrogen-bond donors (Lipinski definition) is 1. The topological polar surface area (TPSA) is 59.5 Å². The van der Waals surface area contributed by atoms with Gasteiger partial charge in [-0.3, -0.25) is 0 Å². The Balaban J connectivity index is 1.91. The number of halogens is 2. The molecule has 3 rings (SSSR count). The van der Waals surface area contributed by atoms with E-state index in [2.05, 4.69) is 20.2 Å². The predicted octanol–water partition coefficient (Wildman–Crippen LogP) is 3.99. The predicted molar refractivity (Wildman–Crippen MR) is 104 cm³/mol. The van der Waals surface area contributed by atoms with Gasteiger partial charge in [-0.15, -0.1) is 0 Å². The van der Waals surface area contributed by atoms with Gasteiger partial charge in [0.25, 0.3) is 0 Å². The molecule has 0 bridgehead atoms. The monoisotopic (exact) mass is 388 g/mol. The molecular weight excluding hydrogens is 366 g/mol. The largest absolute Gasteiger partial charge is 0.493 e. The van der Waals surface area contributed by atoms with Crippen molar-refractivity contribution in [2.24, 2.45) is 0 Å². The fourth-order valence-electron chi connectivity index (χ4n) is 2.72. The second-order valence-corrected chi connectivity index (χ2v) is 6.50. The van der Waals surface area contributed by atoms with Gasteiger partial charge in [0.05, 0.1) is 24.9 Å². The van der Waals surface area contributed by atoms with Crippen molar-refractivity contribution in [3.8, 4) is 11.5 Å². The van der Waals surface area contributed by atoms with Crippen LogP contribution in [0.1, 0.15) is 6.42 Å². The van der Waals surface area contributed by atoms with Crippen LogP contribution in [0.5, 0.6) is 11.5 Å². The number of nitrogens with one attached hydrogen (secondary N) is 1. The Labute approximate surface area is 162 Å². The molecule has 6 nitrogen and oxygen atoms in total. The van der Waals surface area contributed by atoms with Crippen LogP contribution >= 0.6 is 0 Å². The van der Waals surface area contributed by atoms with Crippen LogP contribution in [0.4, 0.5) is 20.3 Å². The van der Waals surface area contributed by atoms with Crippen molar-refractivity contribution in [3.63, 3.8) is 0 Å². The van der Waals surface area contributed by atoms with Crippen LogP contribution in [0.15, 0.2) is 36.7 Å². The zero-order valence-corrected chi connectivity index (χ0v) is 16.0. The van der Waals surface area contributed by atoms with E-state index in [1.54, 1.807) is 19.2 Å². The number of rotatable bonds is 8. The number of benzene rings is 2. The van der Waals surface area contributed by atoms with Crippen molar-refractivity contribution in [2.75, 3.05) is 39.7 Å². The van der Waals surface area contributed by atoms with Crippen LogP contribution in [-0.2, 0) is 0 Å². The van der Waals surface area contributed by atoms with E-state index in [0.717, 1.165) is 19.0 Å². The zero-order chi connectivity index (χ0) is 20.1. The molecule has 1 N–H and O–H groups in total. The summed E-state index contributed by atoms with van der Waals surface area (Å²) in [5, 5.41) is 3.53. The van der Waals surface area contributed by atoms with Crippen LogP contribution in [-0.4, -0.2) is 49.2 Å². The Morgan fingerprint density at radius 3 is 2.61 bits per heavy atom. The molecule has 0 aliphatic carbocycles. The molecule has 0 amide bonds. The quantitative estimate of drug-likeness (QED) is 0.589. The molecule has 0 spiro atoms. The smallest absolute Gasteiger partial charge is 0.162 e. The molecule has 1 heterocycles. The lowest BCUT2D eigenvalue weighted by atomic mass is 10.2. The van der Waals surface area contributed by atoms with E-state index in [1.165, 1.54) is 18.5 Å². The maximum atomic E-state index is 14.0. The van der Waals surface area contributed by atoms with Gasteiger partial charge in [-0.05, 0) is 38.7 Å². The molecule has 0 fully saturated rings. The minimum absolute atomic E-state index is 0.116. The van der Waals surface area contributed by atoms with E-state index in [9.17, 15) is 8.78 Å². The molecule has 0 radical (unpaired) electrons. The molecule has 0 saturated heterocycles. The highest BCUT2D eigenvalue weighted by Gasteiger charge is 2.13. The van der Waals surface area contributed by atoms with Gasteiger partial charge in [-0.2, -0.15) is 0 Å². The lowest BCUT2D eigenvalue weighted by Crippen LogP contribution is -2.15. The van der Waals surface area contributed by atoms with Crippen LogP contribution in [0.3, 0.4) is 0 Å². The molecule has 0 saturated carbocycles. The van der Waals surface area contributed by atoms with Crippen LogP contribution in [0, 0.1) is 11.6 Å². The second kappa shape index (κ2) is 8.79. The van der Waals surface area contributed by atoms with Gasteiger partial charge >= 0.3 is 0 Å². The van der Waals surface area contributed by atoms with Gasteiger partial charge in [0.2, 0.25) is 0 Å². The second-order valence-electron chi connectivity index (χ2n) is 6.50. The van der Waals surface area contributed by atoms with Gasteiger partial charge in [-0.1, -0.05) is 0 Å². The number of aromatic nitrogens is 2. The highest BCUT2D eigenvalue weighted by molar-refractivity contribution is 5.93. The summed E-state index contributed by atoms with van der Waals surface area (Å²) in [6.45, 7) is 1.42. The van der Waals surface area contributed by atoms with Crippen molar-refractivity contribution in [1.29, 1.82) is 0 Å². The summed E-state index contributed by atoms with van der Waals surface area (Å²) in [5.74, 6) is 0.131. The first-order chi connectivity index (χ1) is 13.5. The number of ether oxygens (including phenoxy) is 2. The SMILES string of the molecule is COc1cc2ncnc(Nc3ccc(F)cc3F)c2cc1OCCCN(C)C. The summed E-state index contributed by atoms with van der Waals surface area (Å²) in [5.41, 5.74) is 0.725. The summed E-state index contributed by atoms with van der Waals surface area (Å²) in [6.07, 6.45) is 2.22. The third-order valence-electron chi connectivity index (χ3n) is 4.11. The van der Waals surface area contributed by atoms with E-state index in [1.807, 2.05) is 14.1 Å². The molecule has 148 valence electrons. The first kappa shape index (κ1) is 19.8. The third kappa shape index (κ3) is 4.64. The fraction of sp³-hybridized carbons (Fsp3) is 0.300. The zero-order valence-electron chi connectivity index (χ0n) is 16.0. The van der Waals surface area contributed by atoms with E-state index in [0.29, 0.717) is 34.8 Å². The number of fused-ring (bicyclic) bond motifs is 1. The van der Waals surface area contributed by atoms with E-state index in [-0.39, 0.29) is 5.69 Å². The molecule has 8 heteroatoms. The third-order valence-corrected chi connectivity index (χ3v) is 4.11. The van der Waals surface area contributed by atoms with Gasteiger partial charge in [0.15, 0.2) is 11.5 Å². The van der Waals surface area contributed by atoms with E-state index < -0.39 is 11.6 Å². The van der Waals surface area contributed by atoms with E-state index >= 15 is 0 Å². The van der Waals surface area contributed by atoms with Gasteiger partial charge in [0, 0.05) is 24.1 Å². The van der Waals surface area contributed by atoms with Crippen molar-refractivity contribution >= 4 is 22.4 Å². The lowest BCUT2D eigenvalue weighted by Gasteiger charge is -2.15. The van der Waals surface area contributed by atoms with Gasteiger partial charge in [0.1, 0.15) is 23.8 Å². The maximum Gasteiger partial charge on any atom is 0.162 e. The molecule has 3 aromatic rings. The normalized spacial score (nSPS) is 11.1. The number of hydrogen-bond acceptors (Lipinski definition) is 6. The van der Waals surface area contributed by atoms with Gasteiger partial charge in [-0.25, -0.2) is 18.7 Å². The summed E-state index contributed by atoms with van der Waals surface area (Å²) < 4.78 is 38.4. The molecule has 28 heavy (non-hydrogen) atoms. The minimum atomic E-state index is -0.708. The lowest BCUT2D eigenvalue weighted by molar-refractivity contribution is 0.268. The fourth-order valence-corrected chi connectivity index (χ4v) is 2.72. The molecule has 0 unspecified atom stereocenters. The molecule has 0 aliphatic heterocycles. The molecule has 2 aromatic carbocycles. The average Bonchev–Trinajstić information content (AvgIpc) is 2.67. The van der Waals surface area contributed by atoms with Gasteiger partial charge < -0.3 is 19.7 Å². The average molecular weight is 388 g/mol. The number of nitrogens with zero attached hydrogens (tertiary/aromatic N) is 3. The Kier molecular flexibility index (Phi) is 6.20. The van der Waals surface area contributed by atoms with Crippen molar-refractivity contribution < 1.29 is 18.3 Å². The summed E-state index contributed by atoms with van der Waals surface area (Å²) >= 11 is 0. The first-order valence-electron chi connectivity index (χ1n) is 8.80. The summed E-state index contributed by atoms with van der Waals surface area (Å²) in [7, 11) is 5.56. The summed E-state index contributed by atoms with van der Waals surface area (Å²) in [6, 6.07) is 6.81. The Morgan fingerprint density at radius 1 is 1.07 bits per heavy atom. The maximum absolute atomic E-state index is 14.0. The van der Waals surface area contributed by atoms with Crippen molar-refractivity contribution in [3.05, 3.63) is 48.3 Å². The molecule has 0 aliphatic rings. The standard InChI is InChI=1S/C20H22F2N4O2/c1-26(2)7-4-8-28-19-10-14-17(11-18(19)27-3)23-12-24-20(14)25-16-6-5-13(21)9-15(16)22/h5-6,9-12H,4,7-8H2,1-3H3,(H,23,24,25). The Morgan fingerprint density at radius 2 is 1.89 bits per heavy atom. The molecule has 1 aromatic heterocycles. The summed E-state index contributed by atoms with van der Waals surface area (Å²) in [4.78, 5) is 10.5. The van der Waals surface area contributed by atoms with Crippen LogP contribution < -0.4 is 14.8 Å². The Hall–Kier alpha value is -3.00. The van der Waals surface area contributed by atoms with Crippen molar-refractivity contribution in [1.82, 2.24) is 14.9 Å². The molecular formula is C20H22F2N4O2. The number of methoxy groups -OCH3 is 1. The Bertz CT molecular complexity index is 966. The van der Waals surface area contributed by atoms with Crippen LogP contribution in [0.25, 0.3) is 10.9 Å². The highest BCUT2D eigenvalue weighted by atomic mass is 19.1. The first-order valence-corrected chi connectivity index (χ1v) is 8.80. The highest BCUT2D eigenvalue weighted by Crippen LogP contribution is 2.35. The van der Waals surface area contributed by atoms with Crippen LogP contribution in [0.2, 0.25) is 0 Å². The van der Waals surface area contributed by atoms with E-state index in [4.69, 9.17) is 9.47 Å². The number of anilines is 2. The minimum Gasteiger partial charge on any atom is -0.493 e. The molecule has 0 atom stereocenters.